The summed E-state index contributed by atoms with van der Waals surface area (Å²) in [6.45, 7) is 4.92. The molecule has 1 rings (SSSR count). The fourth-order valence-electron chi connectivity index (χ4n) is 2.39. The van der Waals surface area contributed by atoms with Crippen molar-refractivity contribution in [3.8, 4) is 0 Å². The van der Waals surface area contributed by atoms with Gasteiger partial charge in [-0.25, -0.2) is 0 Å². The van der Waals surface area contributed by atoms with Gasteiger partial charge in [-0.2, -0.15) is 0 Å². The zero-order valence-corrected chi connectivity index (χ0v) is 9.92. The van der Waals surface area contributed by atoms with Crippen LogP contribution in [0.5, 0.6) is 0 Å². The van der Waals surface area contributed by atoms with Gasteiger partial charge in [0.2, 0.25) is 0 Å². The molecule has 0 spiro atoms. The SMILES string of the molecule is CCOC(=O)CNC1CCCCC1CC. The van der Waals surface area contributed by atoms with Gasteiger partial charge in [0, 0.05) is 6.04 Å². The van der Waals surface area contributed by atoms with E-state index in [1.165, 1.54) is 32.1 Å². The molecule has 0 amide bonds. The van der Waals surface area contributed by atoms with E-state index in [1.807, 2.05) is 6.92 Å². The summed E-state index contributed by atoms with van der Waals surface area (Å²) in [6.07, 6.45) is 6.35. The molecular formula is C12H23NO2. The average Bonchev–Trinajstić information content (AvgIpc) is 2.27. The molecule has 0 aromatic carbocycles. The second-order valence-electron chi connectivity index (χ2n) is 4.25. The van der Waals surface area contributed by atoms with Gasteiger partial charge in [-0.05, 0) is 25.7 Å². The van der Waals surface area contributed by atoms with E-state index in [0.717, 1.165) is 5.92 Å². The number of esters is 1. The summed E-state index contributed by atoms with van der Waals surface area (Å²) in [5.74, 6) is 0.617. The Morgan fingerprint density at radius 1 is 1.33 bits per heavy atom. The van der Waals surface area contributed by atoms with Gasteiger partial charge in [0.25, 0.3) is 0 Å². The van der Waals surface area contributed by atoms with E-state index in [0.29, 0.717) is 19.2 Å². The van der Waals surface area contributed by atoms with Crippen LogP contribution in [0.25, 0.3) is 0 Å². The van der Waals surface area contributed by atoms with Crippen LogP contribution in [0.15, 0.2) is 0 Å². The number of ether oxygens (including phenoxy) is 1. The zero-order chi connectivity index (χ0) is 11.1. The van der Waals surface area contributed by atoms with Crippen molar-refractivity contribution >= 4 is 5.97 Å². The van der Waals surface area contributed by atoms with Gasteiger partial charge in [-0.15, -0.1) is 0 Å². The highest BCUT2D eigenvalue weighted by molar-refractivity contribution is 5.71. The highest BCUT2D eigenvalue weighted by atomic mass is 16.5. The van der Waals surface area contributed by atoms with Crippen molar-refractivity contribution in [2.75, 3.05) is 13.2 Å². The molecule has 1 aliphatic carbocycles. The number of carbonyl (C=O) groups excluding carboxylic acids is 1. The third-order valence-corrected chi connectivity index (χ3v) is 3.25. The highest BCUT2D eigenvalue weighted by Gasteiger charge is 2.23. The second kappa shape index (κ2) is 6.83. The van der Waals surface area contributed by atoms with Crippen LogP contribution >= 0.6 is 0 Å². The summed E-state index contributed by atoms with van der Waals surface area (Å²) in [6, 6.07) is 0.521. The van der Waals surface area contributed by atoms with Crippen LogP contribution in [-0.4, -0.2) is 25.2 Å². The molecule has 0 saturated heterocycles. The Hall–Kier alpha value is -0.570. The quantitative estimate of drug-likeness (QED) is 0.711. The molecule has 88 valence electrons. The summed E-state index contributed by atoms with van der Waals surface area (Å²) < 4.78 is 4.90. The fraction of sp³-hybridized carbons (Fsp3) is 0.917. The van der Waals surface area contributed by atoms with Gasteiger partial charge in [0.15, 0.2) is 0 Å². The van der Waals surface area contributed by atoms with Crippen molar-refractivity contribution in [2.45, 2.75) is 52.0 Å². The Kier molecular flexibility index (Phi) is 5.69. The Bertz CT molecular complexity index is 194. The molecule has 0 radical (unpaired) electrons. The first kappa shape index (κ1) is 12.5. The topological polar surface area (TPSA) is 38.3 Å². The summed E-state index contributed by atoms with van der Waals surface area (Å²) >= 11 is 0. The first-order valence-electron chi connectivity index (χ1n) is 6.16. The van der Waals surface area contributed by atoms with Crippen LogP contribution in [0.3, 0.4) is 0 Å². The number of rotatable bonds is 5. The Morgan fingerprint density at radius 2 is 2.07 bits per heavy atom. The second-order valence-corrected chi connectivity index (χ2v) is 4.25. The molecular weight excluding hydrogens is 190 g/mol. The third-order valence-electron chi connectivity index (χ3n) is 3.25. The molecule has 3 heteroatoms. The lowest BCUT2D eigenvalue weighted by Gasteiger charge is -2.31. The van der Waals surface area contributed by atoms with E-state index in [9.17, 15) is 4.79 Å². The maximum absolute atomic E-state index is 11.2. The van der Waals surface area contributed by atoms with Crippen molar-refractivity contribution in [3.05, 3.63) is 0 Å². The molecule has 0 heterocycles. The molecule has 15 heavy (non-hydrogen) atoms. The van der Waals surface area contributed by atoms with E-state index < -0.39 is 0 Å². The van der Waals surface area contributed by atoms with Gasteiger partial charge in [0.1, 0.15) is 0 Å². The predicted molar refractivity (Wildman–Crippen MR) is 60.7 cm³/mol. The van der Waals surface area contributed by atoms with Crippen LogP contribution in [-0.2, 0) is 9.53 Å². The third kappa shape index (κ3) is 4.20. The molecule has 0 aromatic heterocycles. The molecule has 1 aliphatic rings. The summed E-state index contributed by atoms with van der Waals surface area (Å²) in [5.41, 5.74) is 0. The van der Waals surface area contributed by atoms with Crippen LogP contribution < -0.4 is 5.32 Å². The maximum atomic E-state index is 11.2. The van der Waals surface area contributed by atoms with Crippen molar-refractivity contribution in [2.24, 2.45) is 5.92 Å². The van der Waals surface area contributed by atoms with Crippen molar-refractivity contribution in [1.82, 2.24) is 5.32 Å². The van der Waals surface area contributed by atoms with Crippen LogP contribution in [0.1, 0.15) is 46.0 Å². The van der Waals surface area contributed by atoms with Gasteiger partial charge in [0.05, 0.1) is 13.2 Å². The highest BCUT2D eigenvalue weighted by Crippen LogP contribution is 2.26. The normalized spacial score (nSPS) is 26.3. The zero-order valence-electron chi connectivity index (χ0n) is 9.92. The molecule has 0 aromatic rings. The molecule has 2 atom stereocenters. The molecule has 1 saturated carbocycles. The molecule has 1 N–H and O–H groups in total. The van der Waals surface area contributed by atoms with Gasteiger partial charge in [-0.1, -0.05) is 26.2 Å². The van der Waals surface area contributed by atoms with Crippen molar-refractivity contribution < 1.29 is 9.53 Å². The first-order chi connectivity index (χ1) is 7.27. The predicted octanol–water partition coefficient (Wildman–Crippen LogP) is 2.11. The lowest BCUT2D eigenvalue weighted by Crippen LogP contribution is -2.41. The minimum absolute atomic E-state index is 0.127. The molecule has 1 fully saturated rings. The maximum Gasteiger partial charge on any atom is 0.319 e. The standard InChI is InChI=1S/C12H23NO2/c1-3-10-7-5-6-8-11(10)13-9-12(14)15-4-2/h10-11,13H,3-9H2,1-2H3. The Labute approximate surface area is 92.6 Å². The summed E-state index contributed by atoms with van der Waals surface area (Å²) in [4.78, 5) is 11.2. The van der Waals surface area contributed by atoms with Gasteiger partial charge < -0.3 is 10.1 Å². The molecule has 0 bridgehead atoms. The first-order valence-corrected chi connectivity index (χ1v) is 6.16. The van der Waals surface area contributed by atoms with Crippen molar-refractivity contribution in [1.29, 1.82) is 0 Å². The lowest BCUT2D eigenvalue weighted by atomic mass is 9.83. The van der Waals surface area contributed by atoms with Crippen molar-refractivity contribution in [3.63, 3.8) is 0 Å². The van der Waals surface area contributed by atoms with E-state index in [2.05, 4.69) is 12.2 Å². The molecule has 2 unspecified atom stereocenters. The molecule has 3 nitrogen and oxygen atoms in total. The minimum Gasteiger partial charge on any atom is -0.465 e. The van der Waals surface area contributed by atoms with Crippen LogP contribution in [0.4, 0.5) is 0 Å². The van der Waals surface area contributed by atoms with Gasteiger partial charge in [-0.3, -0.25) is 4.79 Å². The van der Waals surface area contributed by atoms with E-state index >= 15 is 0 Å². The Balaban J connectivity index is 2.26. The number of carbonyl (C=O) groups is 1. The summed E-state index contributed by atoms with van der Waals surface area (Å²) in [5, 5.41) is 3.33. The van der Waals surface area contributed by atoms with E-state index in [-0.39, 0.29) is 5.97 Å². The number of hydrogen-bond acceptors (Lipinski definition) is 3. The Morgan fingerprint density at radius 3 is 2.73 bits per heavy atom. The fourth-order valence-corrected chi connectivity index (χ4v) is 2.39. The average molecular weight is 213 g/mol. The van der Waals surface area contributed by atoms with Gasteiger partial charge >= 0.3 is 5.97 Å². The van der Waals surface area contributed by atoms with E-state index in [4.69, 9.17) is 4.74 Å². The minimum atomic E-state index is -0.127. The number of nitrogens with one attached hydrogen (secondary N) is 1. The molecule has 0 aliphatic heterocycles. The number of hydrogen-bond donors (Lipinski definition) is 1. The van der Waals surface area contributed by atoms with E-state index in [1.54, 1.807) is 0 Å². The lowest BCUT2D eigenvalue weighted by molar-refractivity contribution is -0.142. The summed E-state index contributed by atoms with van der Waals surface area (Å²) in [7, 11) is 0. The van der Waals surface area contributed by atoms with Crippen LogP contribution in [0.2, 0.25) is 0 Å². The largest absolute Gasteiger partial charge is 0.465 e. The monoisotopic (exact) mass is 213 g/mol. The van der Waals surface area contributed by atoms with Crippen LogP contribution in [0, 0.1) is 5.92 Å². The smallest absolute Gasteiger partial charge is 0.319 e.